The fraction of sp³-hybridized carbons (Fsp3) is 0.0417. The van der Waals surface area contributed by atoms with E-state index in [9.17, 15) is 0 Å². The second-order valence-electron chi connectivity index (χ2n) is 18.6. The predicted octanol–water partition coefficient (Wildman–Crippen LogP) is 18.1. The van der Waals surface area contributed by atoms with Gasteiger partial charge in [-0.3, -0.25) is 0 Å². The first-order valence-corrected chi connectivity index (χ1v) is 25.2. The molecule has 0 fully saturated rings. The van der Waals surface area contributed by atoms with E-state index in [0.29, 0.717) is 22.4 Å². The van der Waals surface area contributed by atoms with E-state index in [2.05, 4.69) is 198 Å². The number of pyridine rings is 3. The van der Waals surface area contributed by atoms with Crippen molar-refractivity contribution in [2.75, 3.05) is 0 Å². The minimum absolute atomic E-state index is 0. The van der Waals surface area contributed by atoms with Gasteiger partial charge in [-0.05, 0) is 122 Å². The number of aromatic nitrogens is 3. The average Bonchev–Trinajstić information content (AvgIpc) is 3.89. The normalized spacial score (nSPS) is 13.8. The van der Waals surface area contributed by atoms with Crippen LogP contribution in [-0.4, -0.2) is 15.0 Å². The van der Waals surface area contributed by atoms with Crippen LogP contribution in [0.25, 0.3) is 123 Å². The predicted molar refractivity (Wildman–Crippen MR) is 308 cm³/mol. The molecule has 4 heteroatoms. The smallest absolute Gasteiger partial charge is 0.305 e. The van der Waals surface area contributed by atoms with Crippen molar-refractivity contribution >= 4 is 0 Å². The Labute approximate surface area is 464 Å². The quantitative estimate of drug-likeness (QED) is 0.121. The van der Waals surface area contributed by atoms with Crippen LogP contribution in [-0.2, 0) is 32.9 Å². The van der Waals surface area contributed by atoms with Crippen molar-refractivity contribution in [2.24, 2.45) is 0 Å². The SMILES string of the molecule is [2H]C1([2H])CC([2H])([2H])c2cc(-c3[c-]cc(-c4ccccc4-c4cc(-c5ccccc5-c5c[c-]c(-c6ccccn6)cc5)cc(-c5ccccc5-c5c[c-]c(-c6ccccn6)cc5)c4)c(-c4ccc(-c5ccccc5)cc4)c3)ncc21.[Ir+3]. The summed E-state index contributed by atoms with van der Waals surface area (Å²) in [6, 6.07) is 92.5. The number of hydrogen-bond acceptors (Lipinski definition) is 3. The van der Waals surface area contributed by atoms with Crippen LogP contribution in [0.1, 0.15) is 23.0 Å². The molecule has 76 heavy (non-hydrogen) atoms. The van der Waals surface area contributed by atoms with E-state index >= 15 is 0 Å². The van der Waals surface area contributed by atoms with Crippen LogP contribution < -0.4 is 0 Å². The van der Waals surface area contributed by atoms with Gasteiger partial charge in [0.25, 0.3) is 0 Å². The second kappa shape index (κ2) is 21.5. The summed E-state index contributed by atoms with van der Waals surface area (Å²) in [7, 11) is 0. The first-order chi connectivity index (χ1) is 38.6. The zero-order chi connectivity index (χ0) is 53.5. The summed E-state index contributed by atoms with van der Waals surface area (Å²) in [6.07, 6.45) is 1.21. The minimum Gasteiger partial charge on any atom is -0.305 e. The number of aryl methyl sites for hydroxylation is 2. The fourth-order valence-corrected chi connectivity index (χ4v) is 10.3. The Morgan fingerprint density at radius 2 is 0.750 bits per heavy atom. The average molecular weight is 1150 g/mol. The molecule has 0 saturated heterocycles. The van der Waals surface area contributed by atoms with Gasteiger partial charge in [0.05, 0.1) is 0 Å². The third-order valence-corrected chi connectivity index (χ3v) is 14.1. The van der Waals surface area contributed by atoms with Gasteiger partial charge in [-0.15, -0.1) is 83.4 Å². The topological polar surface area (TPSA) is 38.7 Å². The molecule has 3 heterocycles. The molecule has 0 spiro atoms. The molecule has 0 unspecified atom stereocenters. The molecule has 0 radical (unpaired) electrons. The van der Waals surface area contributed by atoms with Gasteiger partial charge in [0.2, 0.25) is 0 Å². The third-order valence-electron chi connectivity index (χ3n) is 14.1. The van der Waals surface area contributed by atoms with Crippen molar-refractivity contribution in [3.05, 3.63) is 285 Å². The largest absolute Gasteiger partial charge is 3.00 e. The van der Waals surface area contributed by atoms with Crippen LogP contribution in [0.3, 0.4) is 0 Å². The van der Waals surface area contributed by atoms with Gasteiger partial charge in [0.15, 0.2) is 0 Å². The number of benzene rings is 9. The van der Waals surface area contributed by atoms with Crippen molar-refractivity contribution in [3.63, 3.8) is 0 Å². The standard InChI is InChI=1S/C72H48N3.Ir/c1-2-15-49(16-3-1)50-27-29-53(30-28-50)69-46-57(72-47-56-17-14-18-58(56)48-75-72)39-40-68(69)67-24-9-8-23-66(67)61-44-59(64-21-6-4-19-62(64)51-31-35-54(36-32-51)70-25-10-12-41-73-70)43-60(45-61)65-22-7-5-20-63(65)52-33-37-55(38-34-52)71-26-11-13-42-74-71;/h1-13,15-16,19-35,37,40-48H,14,17-18H2;/q-3;+3/i17D2,18D2;. The molecule has 1 aliphatic rings. The van der Waals surface area contributed by atoms with E-state index in [4.69, 9.17) is 10.5 Å². The first kappa shape index (κ1) is 43.5. The van der Waals surface area contributed by atoms with Crippen LogP contribution in [0.5, 0.6) is 0 Å². The molecule has 0 aliphatic heterocycles. The van der Waals surface area contributed by atoms with Gasteiger partial charge in [-0.1, -0.05) is 202 Å². The fourth-order valence-electron chi connectivity index (χ4n) is 10.3. The Balaban J connectivity index is 0.00000637. The van der Waals surface area contributed by atoms with Crippen LogP contribution in [0.4, 0.5) is 0 Å². The number of nitrogens with zero attached hydrogens (tertiary/aromatic N) is 3. The monoisotopic (exact) mass is 1150 g/mol. The maximum atomic E-state index is 8.81. The summed E-state index contributed by atoms with van der Waals surface area (Å²) in [5.74, 6) is 0. The van der Waals surface area contributed by atoms with Gasteiger partial charge in [-0.25, -0.2) is 0 Å². The molecule has 0 N–H and O–H groups in total. The Bertz CT molecular complexity index is 4050. The summed E-state index contributed by atoms with van der Waals surface area (Å²) in [5, 5.41) is 0. The van der Waals surface area contributed by atoms with E-state index in [1.807, 2.05) is 60.7 Å². The zero-order valence-corrected chi connectivity index (χ0v) is 43.5. The molecule has 3 nitrogen and oxygen atoms in total. The van der Waals surface area contributed by atoms with Gasteiger partial charge in [0, 0.05) is 24.1 Å². The van der Waals surface area contributed by atoms with Gasteiger partial charge in [0.1, 0.15) is 0 Å². The van der Waals surface area contributed by atoms with Crippen molar-refractivity contribution in [3.8, 4) is 123 Å². The summed E-state index contributed by atoms with van der Waals surface area (Å²) in [4.78, 5) is 13.9. The Kier molecular flexibility index (Phi) is 12.3. The molecular weight excluding hydrogens is 1100 g/mol. The molecule has 360 valence electrons. The second-order valence-corrected chi connectivity index (χ2v) is 18.6. The van der Waals surface area contributed by atoms with Crippen molar-refractivity contribution in [1.29, 1.82) is 0 Å². The van der Waals surface area contributed by atoms with Gasteiger partial charge in [-0.2, -0.15) is 0 Å². The van der Waals surface area contributed by atoms with E-state index in [1.165, 1.54) is 6.20 Å². The third kappa shape index (κ3) is 9.69. The molecule has 0 saturated carbocycles. The zero-order valence-electron chi connectivity index (χ0n) is 45.1. The molecule has 0 bridgehead atoms. The van der Waals surface area contributed by atoms with Crippen LogP contribution in [0.15, 0.2) is 255 Å². The molecule has 12 aromatic rings. The molecule has 13 rings (SSSR count). The summed E-state index contributed by atoms with van der Waals surface area (Å²) in [5.41, 5.74) is 22.1. The number of fused-ring (bicyclic) bond motifs is 1. The van der Waals surface area contributed by atoms with Crippen molar-refractivity contribution in [2.45, 2.75) is 19.2 Å². The summed E-state index contributed by atoms with van der Waals surface area (Å²) < 4.78 is 34.8. The molecule has 1 aliphatic carbocycles. The van der Waals surface area contributed by atoms with Crippen LogP contribution in [0.2, 0.25) is 0 Å². The molecule has 3 aromatic heterocycles. The van der Waals surface area contributed by atoms with Gasteiger partial charge >= 0.3 is 20.1 Å². The molecule has 0 atom stereocenters. The maximum absolute atomic E-state index is 8.81. The van der Waals surface area contributed by atoms with Crippen LogP contribution in [0, 0.1) is 18.2 Å². The van der Waals surface area contributed by atoms with Crippen molar-refractivity contribution < 1.29 is 25.6 Å². The van der Waals surface area contributed by atoms with Crippen LogP contribution >= 0.6 is 0 Å². The Morgan fingerprint density at radius 3 is 1.28 bits per heavy atom. The van der Waals surface area contributed by atoms with E-state index in [1.54, 1.807) is 18.5 Å². The minimum atomic E-state index is -1.84. The molecule has 0 amide bonds. The maximum Gasteiger partial charge on any atom is 3.00 e. The summed E-state index contributed by atoms with van der Waals surface area (Å²) in [6.45, 7) is 0. The molecule has 9 aromatic carbocycles. The Morgan fingerprint density at radius 1 is 0.303 bits per heavy atom. The number of rotatable bonds is 11. The van der Waals surface area contributed by atoms with Crippen molar-refractivity contribution in [1.82, 2.24) is 15.0 Å². The van der Waals surface area contributed by atoms with Gasteiger partial charge < -0.3 is 15.0 Å². The summed E-state index contributed by atoms with van der Waals surface area (Å²) >= 11 is 0. The first-order valence-electron chi connectivity index (χ1n) is 27.2. The van der Waals surface area contributed by atoms with E-state index < -0.39 is 12.7 Å². The Hall–Kier alpha value is -8.92. The van der Waals surface area contributed by atoms with E-state index in [-0.39, 0.29) is 26.5 Å². The number of hydrogen-bond donors (Lipinski definition) is 0. The molecular formula is C72H48IrN3. The van der Waals surface area contributed by atoms with E-state index in [0.717, 1.165) is 112 Å².